The zero-order chi connectivity index (χ0) is 21.1. The van der Waals surface area contributed by atoms with Gasteiger partial charge in [-0.05, 0) is 26.3 Å². The molecule has 0 spiro atoms. The number of alkyl halides is 2. The van der Waals surface area contributed by atoms with E-state index in [-0.39, 0.29) is 36.3 Å². The molecule has 0 amide bonds. The van der Waals surface area contributed by atoms with Crippen LogP contribution in [0.2, 0.25) is 0 Å². The Bertz CT molecular complexity index is 788. The molecule has 1 aromatic carbocycles. The summed E-state index contributed by atoms with van der Waals surface area (Å²) < 4.78 is 37.0. The van der Waals surface area contributed by atoms with Crippen LogP contribution in [0.1, 0.15) is 30.6 Å². The third-order valence-corrected chi connectivity index (χ3v) is 4.15. The molecule has 0 aliphatic heterocycles. The molecule has 1 heterocycles. The van der Waals surface area contributed by atoms with E-state index in [0.29, 0.717) is 37.8 Å². The molecule has 0 aliphatic carbocycles. The second kappa shape index (κ2) is 14.1. The molecule has 8 nitrogen and oxygen atoms in total. The molecule has 2 rings (SSSR count). The first-order valence-electron chi connectivity index (χ1n) is 9.48. The van der Waals surface area contributed by atoms with Gasteiger partial charge in [-0.3, -0.25) is 0 Å². The molecule has 0 fully saturated rings. The highest BCUT2D eigenvalue weighted by Crippen LogP contribution is 2.20. The standard InChI is InChI=1S/C19H28F2N6O2.HI/c1-4-28-11-7-10-22-19(24-13-17-26-25-14(2)27(17)3)23-12-15-8-5-6-9-16(15)29-18(20)21;/h5-6,8-9,18H,4,7,10-13H2,1-3H3,(H2,22,23,24);1H. The van der Waals surface area contributed by atoms with E-state index in [2.05, 4.69) is 30.6 Å². The third-order valence-electron chi connectivity index (χ3n) is 4.15. The molecule has 0 radical (unpaired) electrons. The van der Waals surface area contributed by atoms with Crippen LogP contribution in [0, 0.1) is 6.92 Å². The number of rotatable bonds is 11. The Morgan fingerprint density at radius 2 is 2.00 bits per heavy atom. The number of benzene rings is 1. The van der Waals surface area contributed by atoms with E-state index in [1.54, 1.807) is 18.2 Å². The number of aliphatic imine (C=N–C) groups is 1. The van der Waals surface area contributed by atoms with Crippen molar-refractivity contribution in [1.29, 1.82) is 0 Å². The number of hydrogen-bond acceptors (Lipinski definition) is 5. The minimum absolute atomic E-state index is 0. The van der Waals surface area contributed by atoms with E-state index in [1.807, 2.05) is 25.5 Å². The number of nitrogens with one attached hydrogen (secondary N) is 2. The summed E-state index contributed by atoms with van der Waals surface area (Å²) in [5.74, 6) is 2.22. The molecule has 2 N–H and O–H groups in total. The summed E-state index contributed by atoms with van der Waals surface area (Å²) in [4.78, 5) is 4.50. The van der Waals surface area contributed by atoms with Gasteiger partial charge in [0.2, 0.25) is 0 Å². The van der Waals surface area contributed by atoms with Gasteiger partial charge in [-0.2, -0.15) is 8.78 Å². The maximum absolute atomic E-state index is 12.6. The number of hydrogen-bond donors (Lipinski definition) is 2. The predicted molar refractivity (Wildman–Crippen MR) is 121 cm³/mol. The second-order valence-electron chi connectivity index (χ2n) is 6.20. The lowest BCUT2D eigenvalue weighted by molar-refractivity contribution is -0.0504. The Balaban J connectivity index is 0.00000450. The second-order valence-corrected chi connectivity index (χ2v) is 6.20. The lowest BCUT2D eigenvalue weighted by atomic mass is 10.2. The number of aryl methyl sites for hydroxylation is 1. The minimum atomic E-state index is -2.88. The van der Waals surface area contributed by atoms with Gasteiger partial charge in [-0.15, -0.1) is 34.2 Å². The maximum Gasteiger partial charge on any atom is 0.387 e. The molecule has 30 heavy (non-hydrogen) atoms. The zero-order valence-corrected chi connectivity index (χ0v) is 19.7. The van der Waals surface area contributed by atoms with Crippen molar-refractivity contribution in [2.45, 2.75) is 40.0 Å². The fourth-order valence-electron chi connectivity index (χ4n) is 2.48. The molecular weight excluding hydrogens is 509 g/mol. The third kappa shape index (κ3) is 8.78. The summed E-state index contributed by atoms with van der Waals surface area (Å²) in [6.45, 7) is 3.51. The Morgan fingerprint density at radius 1 is 1.23 bits per heavy atom. The number of aromatic nitrogens is 3. The Morgan fingerprint density at radius 3 is 2.67 bits per heavy atom. The van der Waals surface area contributed by atoms with Gasteiger partial charge in [0.25, 0.3) is 0 Å². The van der Waals surface area contributed by atoms with Crippen LogP contribution >= 0.6 is 24.0 Å². The summed E-state index contributed by atoms with van der Waals surface area (Å²) in [6, 6.07) is 6.61. The number of guanidine groups is 1. The summed E-state index contributed by atoms with van der Waals surface area (Å²) in [5.41, 5.74) is 0.567. The van der Waals surface area contributed by atoms with Gasteiger partial charge in [-0.25, -0.2) is 4.99 Å². The zero-order valence-electron chi connectivity index (χ0n) is 17.4. The van der Waals surface area contributed by atoms with Gasteiger partial charge >= 0.3 is 6.61 Å². The first-order chi connectivity index (χ1) is 14.0. The normalized spacial score (nSPS) is 11.3. The summed E-state index contributed by atoms with van der Waals surface area (Å²) in [5, 5.41) is 14.6. The molecular formula is C19H29F2IN6O2. The number of halogens is 3. The topological polar surface area (TPSA) is 85.6 Å². The van der Waals surface area contributed by atoms with Crippen LogP contribution in [0.25, 0.3) is 0 Å². The quantitative estimate of drug-likeness (QED) is 0.198. The SMILES string of the molecule is CCOCCCNC(=NCc1ccccc1OC(F)F)NCc1nnc(C)n1C.I. The van der Waals surface area contributed by atoms with Crippen molar-refractivity contribution < 1.29 is 18.3 Å². The molecule has 11 heteroatoms. The van der Waals surface area contributed by atoms with Crippen LogP contribution in [0.4, 0.5) is 8.78 Å². The van der Waals surface area contributed by atoms with E-state index in [0.717, 1.165) is 18.1 Å². The van der Waals surface area contributed by atoms with Gasteiger partial charge in [-0.1, -0.05) is 18.2 Å². The predicted octanol–water partition coefficient (Wildman–Crippen LogP) is 3.00. The van der Waals surface area contributed by atoms with Crippen molar-refractivity contribution in [2.75, 3.05) is 19.8 Å². The van der Waals surface area contributed by atoms with Crippen molar-refractivity contribution in [3.8, 4) is 5.75 Å². The molecule has 2 aromatic rings. The van der Waals surface area contributed by atoms with Crippen molar-refractivity contribution in [1.82, 2.24) is 25.4 Å². The highest BCUT2D eigenvalue weighted by molar-refractivity contribution is 14.0. The van der Waals surface area contributed by atoms with Crippen LogP contribution < -0.4 is 15.4 Å². The Kier molecular flexibility index (Phi) is 12.2. The first kappa shape index (κ1) is 26.0. The maximum atomic E-state index is 12.6. The van der Waals surface area contributed by atoms with Gasteiger partial charge in [0.1, 0.15) is 11.6 Å². The van der Waals surface area contributed by atoms with Crippen LogP contribution in [0.3, 0.4) is 0 Å². The number of nitrogens with zero attached hydrogens (tertiary/aromatic N) is 4. The molecule has 0 aliphatic rings. The van der Waals surface area contributed by atoms with E-state index in [1.165, 1.54) is 6.07 Å². The van der Waals surface area contributed by atoms with E-state index < -0.39 is 6.61 Å². The van der Waals surface area contributed by atoms with E-state index >= 15 is 0 Å². The molecule has 0 saturated heterocycles. The molecule has 168 valence electrons. The van der Waals surface area contributed by atoms with Crippen molar-refractivity contribution in [3.63, 3.8) is 0 Å². The number of para-hydroxylation sites is 1. The van der Waals surface area contributed by atoms with Gasteiger partial charge in [0.05, 0.1) is 13.1 Å². The van der Waals surface area contributed by atoms with E-state index in [4.69, 9.17) is 4.74 Å². The summed E-state index contributed by atoms with van der Waals surface area (Å²) in [6.07, 6.45) is 0.808. The molecule has 0 atom stereocenters. The highest BCUT2D eigenvalue weighted by Gasteiger charge is 2.10. The fourth-order valence-corrected chi connectivity index (χ4v) is 2.48. The monoisotopic (exact) mass is 538 g/mol. The average Bonchev–Trinajstić information content (AvgIpc) is 3.02. The van der Waals surface area contributed by atoms with Crippen molar-refractivity contribution >= 4 is 29.9 Å². The van der Waals surface area contributed by atoms with Crippen molar-refractivity contribution in [2.24, 2.45) is 12.0 Å². The minimum Gasteiger partial charge on any atom is -0.434 e. The lowest BCUT2D eigenvalue weighted by Gasteiger charge is -2.13. The van der Waals surface area contributed by atoms with Crippen molar-refractivity contribution in [3.05, 3.63) is 41.5 Å². The fraction of sp³-hybridized carbons (Fsp3) is 0.526. The van der Waals surface area contributed by atoms with Gasteiger partial charge in [0, 0.05) is 32.4 Å². The van der Waals surface area contributed by atoms with Crippen LogP contribution in [-0.2, 0) is 24.9 Å². The lowest BCUT2D eigenvalue weighted by Crippen LogP contribution is -2.38. The Labute approximate surface area is 192 Å². The summed E-state index contributed by atoms with van der Waals surface area (Å²) in [7, 11) is 1.89. The Hall–Kier alpha value is -2.02. The van der Waals surface area contributed by atoms with E-state index in [9.17, 15) is 8.78 Å². The van der Waals surface area contributed by atoms with Crippen LogP contribution in [-0.4, -0.2) is 47.1 Å². The smallest absolute Gasteiger partial charge is 0.387 e. The van der Waals surface area contributed by atoms with Crippen LogP contribution in [0.15, 0.2) is 29.3 Å². The highest BCUT2D eigenvalue weighted by atomic mass is 127. The molecule has 0 bridgehead atoms. The van der Waals surface area contributed by atoms with Gasteiger partial charge in [0.15, 0.2) is 11.8 Å². The first-order valence-corrected chi connectivity index (χ1v) is 9.48. The van der Waals surface area contributed by atoms with Gasteiger partial charge < -0.3 is 24.7 Å². The number of ether oxygens (including phenoxy) is 2. The molecule has 1 aromatic heterocycles. The summed E-state index contributed by atoms with van der Waals surface area (Å²) >= 11 is 0. The average molecular weight is 538 g/mol. The molecule has 0 saturated carbocycles. The van der Waals surface area contributed by atoms with Crippen LogP contribution in [0.5, 0.6) is 5.75 Å². The largest absolute Gasteiger partial charge is 0.434 e. The molecule has 0 unspecified atom stereocenters.